The molecule has 6 rings (SSSR count). The van der Waals surface area contributed by atoms with Gasteiger partial charge in [-0.2, -0.15) is 0 Å². The van der Waals surface area contributed by atoms with E-state index in [0.29, 0.717) is 34.1 Å². The van der Waals surface area contributed by atoms with Crippen LogP contribution in [0, 0.1) is 5.41 Å². The minimum atomic E-state index is -0.186. The van der Waals surface area contributed by atoms with Crippen LogP contribution in [0.25, 0.3) is 10.9 Å². The Hall–Kier alpha value is -2.98. The first-order valence-electron chi connectivity index (χ1n) is 12.7. The second-order valence-electron chi connectivity index (χ2n) is 10.0. The Morgan fingerprint density at radius 1 is 1.13 bits per heavy atom. The number of nitrogens with two attached hydrogens (primary N) is 1. The average Bonchev–Trinajstić information content (AvgIpc) is 3.21. The highest BCUT2D eigenvalue weighted by molar-refractivity contribution is 7.99. The zero-order valence-electron chi connectivity index (χ0n) is 21.1. The number of methoxy groups -OCH3 is 1. The number of nitrogens with zero attached hydrogens (tertiary/aromatic N) is 5. The maximum atomic E-state index is 13.0. The van der Waals surface area contributed by atoms with Gasteiger partial charge in [-0.15, -0.1) is 0 Å². The Balaban J connectivity index is 1.15. The van der Waals surface area contributed by atoms with E-state index in [1.807, 2.05) is 18.3 Å². The molecule has 0 radical (unpaired) electrons. The topological polar surface area (TPSA) is 99.2 Å². The first kappa shape index (κ1) is 25.3. The molecule has 8 nitrogen and oxygen atoms in total. The SMILES string of the molecule is COCCn1cnc2ccc(Sc3cnc(N4CCC5(CC4)Cc4ccccc4[C@H]5N)cn3)c(Cl)c2c1=O. The zero-order chi connectivity index (χ0) is 26.3. The van der Waals surface area contributed by atoms with Crippen molar-refractivity contribution < 1.29 is 4.74 Å². The van der Waals surface area contributed by atoms with E-state index in [2.05, 4.69) is 39.1 Å². The third-order valence-electron chi connectivity index (χ3n) is 7.94. The predicted octanol–water partition coefficient (Wildman–Crippen LogP) is 4.48. The maximum absolute atomic E-state index is 13.0. The fourth-order valence-corrected chi connectivity index (χ4v) is 6.86. The molecule has 4 aromatic rings. The molecule has 0 bridgehead atoms. The Morgan fingerprint density at radius 2 is 1.95 bits per heavy atom. The molecule has 196 valence electrons. The molecule has 38 heavy (non-hydrogen) atoms. The van der Waals surface area contributed by atoms with Crippen LogP contribution in [0.4, 0.5) is 5.82 Å². The van der Waals surface area contributed by atoms with Gasteiger partial charge in [-0.3, -0.25) is 9.36 Å². The second-order valence-corrected chi connectivity index (χ2v) is 11.5. The molecule has 3 heterocycles. The smallest absolute Gasteiger partial charge is 0.262 e. The van der Waals surface area contributed by atoms with Crippen molar-refractivity contribution in [1.29, 1.82) is 0 Å². The fraction of sp³-hybridized carbons (Fsp3) is 0.357. The van der Waals surface area contributed by atoms with Crippen molar-refractivity contribution in [2.45, 2.75) is 41.8 Å². The quantitative estimate of drug-likeness (QED) is 0.376. The van der Waals surface area contributed by atoms with Crippen molar-refractivity contribution in [2.75, 3.05) is 31.7 Å². The van der Waals surface area contributed by atoms with E-state index in [1.54, 1.807) is 13.3 Å². The van der Waals surface area contributed by atoms with Gasteiger partial charge in [0.1, 0.15) is 10.8 Å². The summed E-state index contributed by atoms with van der Waals surface area (Å²) in [5.74, 6) is 0.864. The number of hydrogen-bond acceptors (Lipinski definition) is 8. The number of halogens is 1. The highest BCUT2D eigenvalue weighted by Crippen LogP contribution is 2.50. The van der Waals surface area contributed by atoms with Gasteiger partial charge in [-0.25, -0.2) is 15.0 Å². The summed E-state index contributed by atoms with van der Waals surface area (Å²) >= 11 is 8.07. The van der Waals surface area contributed by atoms with Crippen LogP contribution in [-0.2, 0) is 17.7 Å². The average molecular weight is 549 g/mol. The lowest BCUT2D eigenvalue weighted by Gasteiger charge is -2.42. The van der Waals surface area contributed by atoms with Crippen molar-refractivity contribution >= 4 is 40.1 Å². The van der Waals surface area contributed by atoms with E-state index in [-0.39, 0.29) is 17.0 Å². The van der Waals surface area contributed by atoms with Crippen LogP contribution in [0.15, 0.2) is 69.8 Å². The second kappa shape index (κ2) is 10.3. The summed E-state index contributed by atoms with van der Waals surface area (Å²) in [6.45, 7) is 2.64. The number of fused-ring (bicyclic) bond motifs is 2. The number of anilines is 1. The monoisotopic (exact) mass is 548 g/mol. The number of aromatic nitrogens is 4. The normalized spacial score (nSPS) is 18.3. The van der Waals surface area contributed by atoms with E-state index < -0.39 is 0 Å². The van der Waals surface area contributed by atoms with Gasteiger partial charge in [-0.05, 0) is 47.9 Å². The van der Waals surface area contributed by atoms with E-state index in [1.165, 1.54) is 33.8 Å². The van der Waals surface area contributed by atoms with Gasteiger partial charge in [0.15, 0.2) is 0 Å². The molecule has 1 aliphatic carbocycles. The van der Waals surface area contributed by atoms with Gasteiger partial charge < -0.3 is 15.4 Å². The molecule has 1 fully saturated rings. The molecule has 1 atom stereocenters. The lowest BCUT2D eigenvalue weighted by molar-refractivity contribution is 0.186. The molecule has 1 saturated heterocycles. The molecule has 2 aliphatic rings. The van der Waals surface area contributed by atoms with Crippen LogP contribution in [0.2, 0.25) is 5.02 Å². The highest BCUT2D eigenvalue weighted by Gasteiger charge is 2.45. The Bertz CT molecular complexity index is 1540. The molecule has 0 amide bonds. The molecule has 2 aromatic carbocycles. The van der Waals surface area contributed by atoms with Crippen molar-refractivity contribution in [3.05, 3.63) is 81.6 Å². The summed E-state index contributed by atoms with van der Waals surface area (Å²) in [5, 5.41) is 1.48. The largest absolute Gasteiger partial charge is 0.383 e. The van der Waals surface area contributed by atoms with Crippen molar-refractivity contribution in [3.8, 4) is 0 Å². The Labute approximate surface area is 230 Å². The Morgan fingerprint density at radius 3 is 2.68 bits per heavy atom. The van der Waals surface area contributed by atoms with E-state index in [9.17, 15) is 4.79 Å². The van der Waals surface area contributed by atoms with Gasteiger partial charge in [0.05, 0.1) is 47.8 Å². The predicted molar refractivity (Wildman–Crippen MR) is 150 cm³/mol. The van der Waals surface area contributed by atoms with Crippen LogP contribution < -0.4 is 16.2 Å². The van der Waals surface area contributed by atoms with Crippen molar-refractivity contribution in [1.82, 2.24) is 19.5 Å². The zero-order valence-corrected chi connectivity index (χ0v) is 22.7. The highest BCUT2D eigenvalue weighted by atomic mass is 35.5. The van der Waals surface area contributed by atoms with E-state index in [0.717, 1.165) is 43.1 Å². The minimum absolute atomic E-state index is 0.0942. The summed E-state index contributed by atoms with van der Waals surface area (Å²) in [7, 11) is 1.60. The van der Waals surface area contributed by atoms with Crippen molar-refractivity contribution in [3.63, 3.8) is 0 Å². The van der Waals surface area contributed by atoms with Crippen LogP contribution in [0.3, 0.4) is 0 Å². The van der Waals surface area contributed by atoms with Gasteiger partial charge in [0.2, 0.25) is 0 Å². The number of hydrogen-bond donors (Lipinski definition) is 1. The Kier molecular flexibility index (Phi) is 6.86. The lowest BCUT2D eigenvalue weighted by Crippen LogP contribution is -2.44. The summed E-state index contributed by atoms with van der Waals surface area (Å²) in [6.07, 6.45) is 8.23. The van der Waals surface area contributed by atoms with E-state index >= 15 is 0 Å². The van der Waals surface area contributed by atoms with Crippen LogP contribution in [0.5, 0.6) is 0 Å². The summed E-state index contributed by atoms with van der Waals surface area (Å²) < 4.78 is 6.61. The summed E-state index contributed by atoms with van der Waals surface area (Å²) in [6, 6.07) is 12.4. The molecular formula is C28H29ClN6O2S. The lowest BCUT2D eigenvalue weighted by atomic mass is 9.73. The number of piperidine rings is 1. The molecule has 0 saturated carbocycles. The fourth-order valence-electron chi connectivity index (χ4n) is 5.74. The molecular weight excluding hydrogens is 520 g/mol. The summed E-state index contributed by atoms with van der Waals surface area (Å²) in [4.78, 5) is 29.8. The molecule has 10 heteroatoms. The van der Waals surface area contributed by atoms with Crippen molar-refractivity contribution in [2.24, 2.45) is 11.1 Å². The van der Waals surface area contributed by atoms with Crippen LogP contribution in [-0.4, -0.2) is 46.3 Å². The third-order valence-corrected chi connectivity index (χ3v) is 9.42. The van der Waals surface area contributed by atoms with Gasteiger partial charge >= 0.3 is 0 Å². The first-order chi connectivity index (χ1) is 18.5. The number of benzene rings is 2. The molecule has 1 spiro atoms. The molecule has 2 N–H and O–H groups in total. The molecule has 1 aliphatic heterocycles. The van der Waals surface area contributed by atoms with Gasteiger partial charge in [0, 0.05) is 31.1 Å². The third kappa shape index (κ3) is 4.47. The van der Waals surface area contributed by atoms with Gasteiger partial charge in [-0.1, -0.05) is 47.6 Å². The first-order valence-corrected chi connectivity index (χ1v) is 13.9. The number of rotatable bonds is 6. The summed E-state index contributed by atoms with van der Waals surface area (Å²) in [5.41, 5.74) is 9.94. The van der Waals surface area contributed by atoms with Crippen LogP contribution in [0.1, 0.15) is 30.0 Å². The molecule has 0 unspecified atom stereocenters. The van der Waals surface area contributed by atoms with Gasteiger partial charge in [0.25, 0.3) is 5.56 Å². The minimum Gasteiger partial charge on any atom is -0.383 e. The van der Waals surface area contributed by atoms with E-state index in [4.69, 9.17) is 27.1 Å². The van der Waals surface area contributed by atoms with Crippen LogP contribution >= 0.6 is 23.4 Å². The maximum Gasteiger partial charge on any atom is 0.262 e. The molecule has 2 aromatic heterocycles. The number of ether oxygens (including phenoxy) is 1. The standard InChI is InChI=1S/C28H29ClN6O2S/c1-37-13-12-35-17-33-20-6-7-21(25(29)24(20)27(35)36)38-23-16-31-22(15-32-23)34-10-8-28(9-11-34)14-18-4-2-3-5-19(18)26(28)30/h2-7,15-17,26H,8-14,30H2,1H3/t26-/m1/s1.